The van der Waals surface area contributed by atoms with Gasteiger partial charge in [-0.1, -0.05) is 0 Å². The van der Waals surface area contributed by atoms with E-state index in [4.69, 9.17) is 11.6 Å². The van der Waals surface area contributed by atoms with Gasteiger partial charge in [0, 0.05) is 6.07 Å². The number of alkyl halides is 1. The van der Waals surface area contributed by atoms with Crippen molar-refractivity contribution < 1.29 is 22.0 Å². The number of carbonyl (C=O) groups is 1. The number of carbonyl (C=O) groups excluding carboxylic acids is 1. The normalized spacial score (nSPS) is 25.2. The van der Waals surface area contributed by atoms with Crippen molar-refractivity contribution in [2.75, 3.05) is 11.5 Å². The molecule has 104 valence electrons. The molecule has 0 aliphatic carbocycles. The average Bonchev–Trinajstić information content (AvgIpc) is 2.51. The fraction of sp³-hybridized carbons (Fsp3) is 0.364. The van der Waals surface area contributed by atoms with E-state index in [-0.39, 0.29) is 17.1 Å². The van der Waals surface area contributed by atoms with Crippen LogP contribution in [0.25, 0.3) is 0 Å². The summed E-state index contributed by atoms with van der Waals surface area (Å²) >= 11 is 5.81. The van der Waals surface area contributed by atoms with E-state index >= 15 is 0 Å². The fourth-order valence-electron chi connectivity index (χ4n) is 1.86. The van der Waals surface area contributed by atoms with E-state index in [1.807, 2.05) is 0 Å². The number of sulfone groups is 1. The van der Waals surface area contributed by atoms with Crippen LogP contribution in [0.2, 0.25) is 0 Å². The zero-order valence-corrected chi connectivity index (χ0v) is 11.1. The summed E-state index contributed by atoms with van der Waals surface area (Å²) in [4.78, 5) is 11.8. The van der Waals surface area contributed by atoms with Crippen molar-refractivity contribution in [2.24, 2.45) is 0 Å². The number of amides is 1. The number of benzene rings is 1. The summed E-state index contributed by atoms with van der Waals surface area (Å²) in [6, 6.07) is 1.75. The molecule has 0 bridgehead atoms. The SMILES string of the molecule is O=C(NC1CS(=O)(=O)CC1Cl)c1ccc(F)cc1F. The van der Waals surface area contributed by atoms with E-state index in [0.29, 0.717) is 6.07 Å². The maximum absolute atomic E-state index is 13.4. The van der Waals surface area contributed by atoms with Crippen LogP contribution in [-0.2, 0) is 9.84 Å². The minimum atomic E-state index is -3.29. The summed E-state index contributed by atoms with van der Waals surface area (Å²) in [6.07, 6.45) is 0. The van der Waals surface area contributed by atoms with Gasteiger partial charge >= 0.3 is 0 Å². The molecule has 2 atom stereocenters. The van der Waals surface area contributed by atoms with Crippen LogP contribution in [0.3, 0.4) is 0 Å². The zero-order chi connectivity index (χ0) is 14.2. The number of rotatable bonds is 2. The van der Waals surface area contributed by atoms with Crippen molar-refractivity contribution in [2.45, 2.75) is 11.4 Å². The third kappa shape index (κ3) is 3.22. The van der Waals surface area contributed by atoms with E-state index in [1.54, 1.807) is 0 Å². The molecule has 1 aromatic rings. The molecule has 1 saturated heterocycles. The molecule has 19 heavy (non-hydrogen) atoms. The molecule has 1 aliphatic heterocycles. The standard InChI is InChI=1S/C11H10ClF2NO3S/c12-8-4-19(17,18)5-10(8)15-11(16)7-2-1-6(13)3-9(7)14/h1-3,8,10H,4-5H2,(H,15,16). The van der Waals surface area contributed by atoms with Crippen LogP contribution >= 0.6 is 11.6 Å². The quantitative estimate of drug-likeness (QED) is 0.832. The molecule has 2 rings (SSSR count). The van der Waals surface area contributed by atoms with Crippen LogP contribution in [-0.4, -0.2) is 37.2 Å². The molecule has 1 aromatic carbocycles. The molecule has 0 aromatic heterocycles. The van der Waals surface area contributed by atoms with Gasteiger partial charge in [0.25, 0.3) is 5.91 Å². The minimum absolute atomic E-state index is 0.231. The predicted molar refractivity (Wildman–Crippen MR) is 65.9 cm³/mol. The van der Waals surface area contributed by atoms with Crippen molar-refractivity contribution >= 4 is 27.3 Å². The molecule has 1 amide bonds. The van der Waals surface area contributed by atoms with Gasteiger partial charge in [-0.05, 0) is 12.1 Å². The van der Waals surface area contributed by atoms with Gasteiger partial charge in [0.15, 0.2) is 9.84 Å². The average molecular weight is 310 g/mol. The smallest absolute Gasteiger partial charge is 0.254 e. The molecule has 0 saturated carbocycles. The molecule has 4 nitrogen and oxygen atoms in total. The van der Waals surface area contributed by atoms with Gasteiger partial charge in [-0.3, -0.25) is 4.79 Å². The molecular formula is C11H10ClF2NO3S. The molecule has 1 N–H and O–H groups in total. The lowest BCUT2D eigenvalue weighted by Crippen LogP contribution is -2.41. The first-order valence-electron chi connectivity index (χ1n) is 5.39. The Labute approximate surface area is 113 Å². The van der Waals surface area contributed by atoms with Gasteiger partial charge in [-0.25, -0.2) is 17.2 Å². The Kier molecular flexibility index (Phi) is 3.78. The van der Waals surface area contributed by atoms with Gasteiger partial charge in [0.2, 0.25) is 0 Å². The summed E-state index contributed by atoms with van der Waals surface area (Å²) in [5.74, 6) is -3.14. The van der Waals surface area contributed by atoms with E-state index in [0.717, 1.165) is 12.1 Å². The van der Waals surface area contributed by atoms with Crippen LogP contribution in [0.4, 0.5) is 8.78 Å². The first kappa shape index (κ1) is 14.2. The van der Waals surface area contributed by atoms with Gasteiger partial charge in [0.1, 0.15) is 11.6 Å². The molecule has 1 fully saturated rings. The molecule has 1 heterocycles. The van der Waals surface area contributed by atoms with Crippen LogP contribution in [0, 0.1) is 11.6 Å². The van der Waals surface area contributed by atoms with Crippen LogP contribution < -0.4 is 5.32 Å². The maximum Gasteiger partial charge on any atom is 0.254 e. The van der Waals surface area contributed by atoms with E-state index in [2.05, 4.69) is 5.32 Å². The van der Waals surface area contributed by atoms with E-state index in [9.17, 15) is 22.0 Å². The lowest BCUT2D eigenvalue weighted by atomic mass is 10.1. The first-order chi connectivity index (χ1) is 8.78. The molecule has 0 radical (unpaired) electrons. The lowest BCUT2D eigenvalue weighted by molar-refractivity contribution is 0.0937. The number of nitrogens with one attached hydrogen (secondary N) is 1. The van der Waals surface area contributed by atoms with Crippen molar-refractivity contribution in [1.29, 1.82) is 0 Å². The highest BCUT2D eigenvalue weighted by Crippen LogP contribution is 2.19. The summed E-state index contributed by atoms with van der Waals surface area (Å²) in [7, 11) is -3.29. The van der Waals surface area contributed by atoms with Crippen LogP contribution in [0.1, 0.15) is 10.4 Å². The van der Waals surface area contributed by atoms with Gasteiger partial charge in [-0.2, -0.15) is 0 Å². The predicted octanol–water partition coefficient (Wildman–Crippen LogP) is 1.10. The Balaban J connectivity index is 2.14. The second-order valence-electron chi connectivity index (χ2n) is 4.30. The highest BCUT2D eigenvalue weighted by Gasteiger charge is 2.37. The third-order valence-corrected chi connectivity index (χ3v) is 5.15. The van der Waals surface area contributed by atoms with Crippen molar-refractivity contribution in [3.05, 3.63) is 35.4 Å². The summed E-state index contributed by atoms with van der Waals surface area (Å²) in [5.41, 5.74) is -0.352. The Bertz CT molecular complexity index is 620. The Morgan fingerprint density at radius 2 is 2.00 bits per heavy atom. The van der Waals surface area contributed by atoms with Crippen LogP contribution in [0.5, 0.6) is 0 Å². The summed E-state index contributed by atoms with van der Waals surface area (Å²) in [6.45, 7) is 0. The first-order valence-corrected chi connectivity index (χ1v) is 7.65. The summed E-state index contributed by atoms with van der Waals surface area (Å²) < 4.78 is 48.7. The van der Waals surface area contributed by atoms with E-state index in [1.165, 1.54) is 0 Å². The summed E-state index contributed by atoms with van der Waals surface area (Å²) in [5, 5.41) is 1.60. The number of hydrogen-bond donors (Lipinski definition) is 1. The second-order valence-corrected chi connectivity index (χ2v) is 7.01. The van der Waals surface area contributed by atoms with Crippen LogP contribution in [0.15, 0.2) is 18.2 Å². The minimum Gasteiger partial charge on any atom is -0.347 e. The van der Waals surface area contributed by atoms with Gasteiger partial charge < -0.3 is 5.32 Å². The monoisotopic (exact) mass is 309 g/mol. The topological polar surface area (TPSA) is 63.2 Å². The van der Waals surface area contributed by atoms with Crippen molar-refractivity contribution in [3.8, 4) is 0 Å². The van der Waals surface area contributed by atoms with Gasteiger partial charge in [0.05, 0.1) is 28.5 Å². The van der Waals surface area contributed by atoms with E-state index < -0.39 is 38.8 Å². The Morgan fingerprint density at radius 3 is 2.53 bits per heavy atom. The Morgan fingerprint density at radius 1 is 1.32 bits per heavy atom. The van der Waals surface area contributed by atoms with Crippen molar-refractivity contribution in [3.63, 3.8) is 0 Å². The fourth-order valence-corrected chi connectivity index (χ4v) is 4.41. The second kappa shape index (κ2) is 5.05. The molecule has 0 spiro atoms. The highest BCUT2D eigenvalue weighted by molar-refractivity contribution is 7.91. The third-order valence-electron chi connectivity index (χ3n) is 2.78. The van der Waals surface area contributed by atoms with Crippen molar-refractivity contribution in [1.82, 2.24) is 5.32 Å². The zero-order valence-electron chi connectivity index (χ0n) is 9.57. The Hall–Kier alpha value is -1.21. The molecule has 8 heteroatoms. The number of hydrogen-bond acceptors (Lipinski definition) is 3. The highest BCUT2D eigenvalue weighted by atomic mass is 35.5. The molecule has 2 unspecified atom stereocenters. The molecule has 1 aliphatic rings. The lowest BCUT2D eigenvalue weighted by Gasteiger charge is -2.14. The largest absolute Gasteiger partial charge is 0.347 e. The maximum atomic E-state index is 13.4. The molecular weight excluding hydrogens is 300 g/mol. The van der Waals surface area contributed by atoms with Gasteiger partial charge in [-0.15, -0.1) is 11.6 Å². The number of halogens is 3.